The quantitative estimate of drug-likeness (QED) is 0.673. The highest BCUT2D eigenvalue weighted by atomic mass is 16.5. The van der Waals surface area contributed by atoms with Gasteiger partial charge in [0.25, 0.3) is 0 Å². The maximum Gasteiger partial charge on any atom is 0.162 e. The van der Waals surface area contributed by atoms with Crippen molar-refractivity contribution in [3.63, 3.8) is 0 Å². The first-order valence-corrected chi connectivity index (χ1v) is 5.85. The van der Waals surface area contributed by atoms with Crippen LogP contribution < -0.4 is 15.2 Å². The summed E-state index contributed by atoms with van der Waals surface area (Å²) in [5.41, 5.74) is 8.63. The Labute approximate surface area is 113 Å². The Morgan fingerprint density at radius 1 is 1.16 bits per heavy atom. The highest BCUT2D eigenvalue weighted by Gasteiger charge is 2.08. The number of methoxy groups -OCH3 is 1. The van der Waals surface area contributed by atoms with E-state index in [1.54, 1.807) is 7.11 Å². The second kappa shape index (κ2) is 5.83. The second-order valence-corrected chi connectivity index (χ2v) is 3.95. The van der Waals surface area contributed by atoms with Crippen LogP contribution in [-0.2, 0) is 0 Å². The minimum absolute atomic E-state index is 0.211. The number of benzene rings is 2. The van der Waals surface area contributed by atoms with Gasteiger partial charge in [-0.3, -0.25) is 0 Å². The van der Waals surface area contributed by atoms with Crippen molar-refractivity contribution in [1.82, 2.24) is 0 Å². The molecule has 0 bridgehead atoms. The van der Waals surface area contributed by atoms with Crippen molar-refractivity contribution in [2.75, 3.05) is 19.5 Å². The number of rotatable bonds is 4. The molecule has 3 heteroatoms. The minimum atomic E-state index is 0.211. The zero-order valence-electron chi connectivity index (χ0n) is 10.7. The van der Waals surface area contributed by atoms with Gasteiger partial charge in [-0.2, -0.15) is 0 Å². The molecule has 2 aromatic rings. The minimum Gasteiger partial charge on any atom is -0.493 e. The standard InChI is InChI=1S/C16H15NO2/c1-3-10-19-15-9-8-12(11-16(15)18-2)13-6-4-5-7-14(13)17/h1,4-9,11H,10,17H2,2H3. The van der Waals surface area contributed by atoms with Crippen molar-refractivity contribution in [1.29, 1.82) is 0 Å². The molecule has 0 fully saturated rings. The molecule has 2 rings (SSSR count). The summed E-state index contributed by atoms with van der Waals surface area (Å²) < 4.78 is 10.7. The summed E-state index contributed by atoms with van der Waals surface area (Å²) >= 11 is 0. The van der Waals surface area contributed by atoms with E-state index in [0.717, 1.165) is 16.8 Å². The van der Waals surface area contributed by atoms with Gasteiger partial charge in [-0.1, -0.05) is 30.2 Å². The van der Waals surface area contributed by atoms with E-state index < -0.39 is 0 Å². The van der Waals surface area contributed by atoms with Gasteiger partial charge in [0.2, 0.25) is 0 Å². The molecule has 0 atom stereocenters. The van der Waals surface area contributed by atoms with Gasteiger partial charge in [0.1, 0.15) is 6.61 Å². The van der Waals surface area contributed by atoms with Gasteiger partial charge in [-0.25, -0.2) is 0 Å². The van der Waals surface area contributed by atoms with E-state index in [4.69, 9.17) is 21.6 Å². The Morgan fingerprint density at radius 2 is 1.95 bits per heavy atom. The van der Waals surface area contributed by atoms with Crippen LogP contribution >= 0.6 is 0 Å². The fourth-order valence-corrected chi connectivity index (χ4v) is 1.83. The predicted octanol–water partition coefficient (Wildman–Crippen LogP) is 2.96. The average molecular weight is 253 g/mol. The molecule has 2 N–H and O–H groups in total. The highest BCUT2D eigenvalue weighted by Crippen LogP contribution is 2.34. The average Bonchev–Trinajstić information content (AvgIpc) is 2.45. The Morgan fingerprint density at radius 3 is 2.63 bits per heavy atom. The van der Waals surface area contributed by atoms with Crippen molar-refractivity contribution in [2.24, 2.45) is 0 Å². The lowest BCUT2D eigenvalue weighted by molar-refractivity contribution is 0.331. The summed E-state index contributed by atoms with van der Waals surface area (Å²) in [6.07, 6.45) is 5.18. The number of hydrogen-bond donors (Lipinski definition) is 1. The molecule has 96 valence electrons. The van der Waals surface area contributed by atoms with Crippen molar-refractivity contribution < 1.29 is 9.47 Å². The van der Waals surface area contributed by atoms with Crippen LogP contribution in [0, 0.1) is 12.3 Å². The van der Waals surface area contributed by atoms with Gasteiger partial charge < -0.3 is 15.2 Å². The summed E-state index contributed by atoms with van der Waals surface area (Å²) in [6.45, 7) is 0.211. The Hall–Kier alpha value is -2.60. The molecule has 0 aliphatic rings. The molecular weight excluding hydrogens is 238 g/mol. The lowest BCUT2D eigenvalue weighted by atomic mass is 10.0. The zero-order chi connectivity index (χ0) is 13.7. The summed E-state index contributed by atoms with van der Waals surface area (Å²) in [7, 11) is 1.59. The number of ether oxygens (including phenoxy) is 2. The lowest BCUT2D eigenvalue weighted by Crippen LogP contribution is -1.97. The third kappa shape index (κ3) is 2.80. The summed E-state index contributed by atoms with van der Waals surface area (Å²) in [5, 5.41) is 0. The van der Waals surface area contributed by atoms with Gasteiger partial charge in [-0.05, 0) is 23.8 Å². The molecule has 0 spiro atoms. The van der Waals surface area contributed by atoms with E-state index in [-0.39, 0.29) is 6.61 Å². The van der Waals surface area contributed by atoms with Crippen molar-refractivity contribution in [3.8, 4) is 35.0 Å². The van der Waals surface area contributed by atoms with E-state index >= 15 is 0 Å². The predicted molar refractivity (Wildman–Crippen MR) is 77.2 cm³/mol. The number of nitrogens with two attached hydrogens (primary N) is 1. The number of nitrogen functional groups attached to an aromatic ring is 1. The van der Waals surface area contributed by atoms with E-state index in [1.807, 2.05) is 42.5 Å². The first-order chi connectivity index (χ1) is 9.26. The first kappa shape index (κ1) is 12.8. The molecule has 0 saturated heterocycles. The van der Waals surface area contributed by atoms with E-state index in [1.165, 1.54) is 0 Å². The van der Waals surface area contributed by atoms with Gasteiger partial charge in [0.15, 0.2) is 11.5 Å². The summed E-state index contributed by atoms with van der Waals surface area (Å²) in [6, 6.07) is 13.3. The summed E-state index contributed by atoms with van der Waals surface area (Å²) in [4.78, 5) is 0. The van der Waals surface area contributed by atoms with Gasteiger partial charge in [0, 0.05) is 11.3 Å². The molecule has 0 aliphatic heterocycles. The molecule has 0 heterocycles. The maximum atomic E-state index is 5.96. The largest absolute Gasteiger partial charge is 0.493 e. The lowest BCUT2D eigenvalue weighted by Gasteiger charge is -2.11. The molecule has 19 heavy (non-hydrogen) atoms. The number of terminal acetylenes is 1. The van der Waals surface area contributed by atoms with Crippen molar-refractivity contribution >= 4 is 5.69 Å². The first-order valence-electron chi connectivity index (χ1n) is 5.85. The topological polar surface area (TPSA) is 44.5 Å². The third-order valence-corrected chi connectivity index (χ3v) is 2.75. The molecule has 0 aliphatic carbocycles. The SMILES string of the molecule is C#CCOc1ccc(-c2ccccc2N)cc1OC. The van der Waals surface area contributed by atoms with E-state index in [0.29, 0.717) is 11.5 Å². The number of anilines is 1. The monoisotopic (exact) mass is 253 g/mol. The van der Waals surface area contributed by atoms with Crippen LogP contribution in [0.1, 0.15) is 0 Å². The number of para-hydroxylation sites is 1. The summed E-state index contributed by atoms with van der Waals surface area (Å²) in [5.74, 6) is 3.68. The van der Waals surface area contributed by atoms with Crippen LogP contribution in [-0.4, -0.2) is 13.7 Å². The molecular formula is C16H15NO2. The van der Waals surface area contributed by atoms with Crippen LogP contribution in [0.25, 0.3) is 11.1 Å². The Bertz CT molecular complexity index is 614. The zero-order valence-corrected chi connectivity index (χ0v) is 10.7. The van der Waals surface area contributed by atoms with Gasteiger partial charge >= 0.3 is 0 Å². The maximum absolute atomic E-state index is 5.96. The molecule has 0 saturated carbocycles. The molecule has 2 aromatic carbocycles. The molecule has 3 nitrogen and oxygen atoms in total. The number of hydrogen-bond acceptors (Lipinski definition) is 3. The molecule has 0 radical (unpaired) electrons. The van der Waals surface area contributed by atoms with Crippen LogP contribution in [0.5, 0.6) is 11.5 Å². The van der Waals surface area contributed by atoms with Gasteiger partial charge in [-0.15, -0.1) is 6.42 Å². The van der Waals surface area contributed by atoms with Gasteiger partial charge in [0.05, 0.1) is 7.11 Å². The van der Waals surface area contributed by atoms with Crippen LogP contribution in [0.2, 0.25) is 0 Å². The molecule has 0 amide bonds. The van der Waals surface area contributed by atoms with Crippen LogP contribution in [0.15, 0.2) is 42.5 Å². The van der Waals surface area contributed by atoms with Crippen molar-refractivity contribution in [3.05, 3.63) is 42.5 Å². The van der Waals surface area contributed by atoms with Crippen LogP contribution in [0.3, 0.4) is 0 Å². The Kier molecular flexibility index (Phi) is 3.94. The second-order valence-electron chi connectivity index (χ2n) is 3.95. The van der Waals surface area contributed by atoms with E-state index in [9.17, 15) is 0 Å². The van der Waals surface area contributed by atoms with Crippen LogP contribution in [0.4, 0.5) is 5.69 Å². The Balaban J connectivity index is 2.40. The molecule has 0 aromatic heterocycles. The smallest absolute Gasteiger partial charge is 0.162 e. The fraction of sp³-hybridized carbons (Fsp3) is 0.125. The third-order valence-electron chi connectivity index (χ3n) is 2.75. The van der Waals surface area contributed by atoms with Crippen molar-refractivity contribution in [2.45, 2.75) is 0 Å². The normalized spacial score (nSPS) is 9.68. The fourth-order valence-electron chi connectivity index (χ4n) is 1.83. The van der Waals surface area contributed by atoms with E-state index in [2.05, 4.69) is 5.92 Å². The highest BCUT2D eigenvalue weighted by molar-refractivity contribution is 5.77. The molecule has 0 unspecified atom stereocenters.